The molecule has 21 heavy (non-hydrogen) atoms. The van der Waals surface area contributed by atoms with E-state index in [1.54, 1.807) is 14.2 Å². The van der Waals surface area contributed by atoms with Crippen LogP contribution in [0.1, 0.15) is 38.3 Å². The van der Waals surface area contributed by atoms with E-state index in [1.807, 2.05) is 32.0 Å². The van der Waals surface area contributed by atoms with Crippen LogP contribution in [0, 0.1) is 5.92 Å². The fourth-order valence-electron chi connectivity index (χ4n) is 2.01. The lowest BCUT2D eigenvalue weighted by Gasteiger charge is -2.17. The van der Waals surface area contributed by atoms with E-state index >= 15 is 0 Å². The topological polar surface area (TPSA) is 73.6 Å². The average Bonchev–Trinajstić information content (AvgIpc) is 2.51. The lowest BCUT2D eigenvalue weighted by Crippen LogP contribution is -2.27. The summed E-state index contributed by atoms with van der Waals surface area (Å²) in [4.78, 5) is 11.9. The number of ether oxygens (including phenoxy) is 2. The van der Waals surface area contributed by atoms with Crippen LogP contribution in [0.25, 0.3) is 0 Å². The fourth-order valence-corrected chi connectivity index (χ4v) is 2.01. The third-order valence-corrected chi connectivity index (χ3v) is 3.55. The van der Waals surface area contributed by atoms with Gasteiger partial charge in [0.25, 0.3) is 0 Å². The Balaban J connectivity index is 2.62. The van der Waals surface area contributed by atoms with Crippen LogP contribution in [0.3, 0.4) is 0 Å². The molecule has 0 spiro atoms. The van der Waals surface area contributed by atoms with Gasteiger partial charge in [0.15, 0.2) is 11.5 Å². The van der Waals surface area contributed by atoms with Crippen molar-refractivity contribution < 1.29 is 14.3 Å². The third kappa shape index (κ3) is 5.27. The Morgan fingerprint density at radius 1 is 1.24 bits per heavy atom. The number of nitrogens with two attached hydrogens (primary N) is 1. The second-order valence-corrected chi connectivity index (χ2v) is 5.28. The smallest absolute Gasteiger partial charge is 0.220 e. The van der Waals surface area contributed by atoms with E-state index in [0.29, 0.717) is 30.4 Å². The highest BCUT2D eigenvalue weighted by Crippen LogP contribution is 2.29. The molecule has 2 atom stereocenters. The van der Waals surface area contributed by atoms with Gasteiger partial charge in [0.2, 0.25) is 5.91 Å². The number of amides is 1. The molecule has 0 saturated carbocycles. The Labute approximate surface area is 126 Å². The summed E-state index contributed by atoms with van der Waals surface area (Å²) in [5, 5.41) is 2.99. The number of hydrogen-bond donors (Lipinski definition) is 2. The van der Waals surface area contributed by atoms with Crippen LogP contribution in [0.2, 0.25) is 0 Å². The SMILES string of the molecule is COc1ccc(C(C)NC(=O)CCC(C)CN)cc1OC. The summed E-state index contributed by atoms with van der Waals surface area (Å²) in [6, 6.07) is 5.57. The van der Waals surface area contributed by atoms with Gasteiger partial charge in [-0.05, 0) is 43.5 Å². The Morgan fingerprint density at radius 3 is 2.48 bits per heavy atom. The lowest BCUT2D eigenvalue weighted by molar-refractivity contribution is -0.122. The summed E-state index contributed by atoms with van der Waals surface area (Å²) in [5.41, 5.74) is 6.53. The highest BCUT2D eigenvalue weighted by atomic mass is 16.5. The zero-order chi connectivity index (χ0) is 15.8. The maximum absolute atomic E-state index is 11.9. The van der Waals surface area contributed by atoms with Gasteiger partial charge in [-0.25, -0.2) is 0 Å². The number of rotatable bonds is 8. The van der Waals surface area contributed by atoms with E-state index in [2.05, 4.69) is 5.32 Å². The first-order chi connectivity index (χ1) is 10.0. The Kier molecular flexibility index (Phi) is 7.02. The quantitative estimate of drug-likeness (QED) is 0.771. The van der Waals surface area contributed by atoms with E-state index in [4.69, 9.17) is 15.2 Å². The molecular weight excluding hydrogens is 268 g/mol. The average molecular weight is 294 g/mol. The summed E-state index contributed by atoms with van der Waals surface area (Å²) in [6.45, 7) is 4.61. The molecule has 1 aromatic rings. The van der Waals surface area contributed by atoms with Crippen LogP contribution >= 0.6 is 0 Å². The van der Waals surface area contributed by atoms with Crippen LogP contribution < -0.4 is 20.5 Å². The lowest BCUT2D eigenvalue weighted by atomic mass is 10.0. The summed E-state index contributed by atoms with van der Waals surface area (Å²) < 4.78 is 10.5. The molecule has 0 saturated heterocycles. The van der Waals surface area contributed by atoms with Crippen molar-refractivity contribution in [1.29, 1.82) is 0 Å². The van der Waals surface area contributed by atoms with Crippen molar-refractivity contribution in [2.75, 3.05) is 20.8 Å². The van der Waals surface area contributed by atoms with Gasteiger partial charge in [-0.15, -0.1) is 0 Å². The van der Waals surface area contributed by atoms with Crippen molar-refractivity contribution in [3.05, 3.63) is 23.8 Å². The molecule has 5 heteroatoms. The minimum absolute atomic E-state index is 0.0394. The molecular formula is C16H26N2O3. The maximum Gasteiger partial charge on any atom is 0.220 e. The van der Waals surface area contributed by atoms with E-state index in [1.165, 1.54) is 0 Å². The Morgan fingerprint density at radius 2 is 1.90 bits per heavy atom. The van der Waals surface area contributed by atoms with Gasteiger partial charge in [-0.3, -0.25) is 4.79 Å². The molecule has 118 valence electrons. The molecule has 5 nitrogen and oxygen atoms in total. The summed E-state index contributed by atoms with van der Waals surface area (Å²) in [5.74, 6) is 1.74. The van der Waals surface area contributed by atoms with Gasteiger partial charge in [-0.1, -0.05) is 13.0 Å². The standard InChI is InChI=1S/C16H26N2O3/c1-11(10-17)5-8-16(19)18-12(2)13-6-7-14(20-3)15(9-13)21-4/h6-7,9,11-12H,5,8,10,17H2,1-4H3,(H,18,19). The number of benzene rings is 1. The van der Waals surface area contributed by atoms with Gasteiger partial charge < -0.3 is 20.5 Å². The fraction of sp³-hybridized carbons (Fsp3) is 0.562. The molecule has 0 aromatic heterocycles. The number of carbonyl (C=O) groups is 1. The minimum Gasteiger partial charge on any atom is -0.493 e. The summed E-state index contributed by atoms with van der Waals surface area (Å²) in [6.07, 6.45) is 1.30. The first-order valence-electron chi connectivity index (χ1n) is 7.23. The number of hydrogen-bond acceptors (Lipinski definition) is 4. The molecule has 0 aliphatic carbocycles. The summed E-state index contributed by atoms with van der Waals surface area (Å²) in [7, 11) is 3.19. The predicted octanol–water partition coefficient (Wildman–Crippen LogP) is 2.26. The molecule has 1 amide bonds. The second-order valence-electron chi connectivity index (χ2n) is 5.28. The Hall–Kier alpha value is -1.75. The van der Waals surface area contributed by atoms with Crippen LogP contribution in [-0.4, -0.2) is 26.7 Å². The third-order valence-electron chi connectivity index (χ3n) is 3.55. The molecule has 0 bridgehead atoms. The number of carbonyl (C=O) groups excluding carboxylic acids is 1. The summed E-state index contributed by atoms with van der Waals surface area (Å²) >= 11 is 0. The zero-order valence-electron chi connectivity index (χ0n) is 13.3. The maximum atomic E-state index is 11.9. The van der Waals surface area contributed by atoms with Crippen molar-refractivity contribution in [2.24, 2.45) is 11.7 Å². The molecule has 2 unspecified atom stereocenters. The van der Waals surface area contributed by atoms with Crippen LogP contribution in [0.15, 0.2) is 18.2 Å². The van der Waals surface area contributed by atoms with Crippen LogP contribution in [0.4, 0.5) is 0 Å². The highest BCUT2D eigenvalue weighted by molar-refractivity contribution is 5.76. The zero-order valence-corrected chi connectivity index (χ0v) is 13.3. The van der Waals surface area contributed by atoms with Gasteiger partial charge in [0, 0.05) is 6.42 Å². The predicted molar refractivity (Wildman–Crippen MR) is 83.6 cm³/mol. The molecule has 0 heterocycles. The van der Waals surface area contributed by atoms with Crippen LogP contribution in [0.5, 0.6) is 11.5 Å². The van der Waals surface area contributed by atoms with E-state index < -0.39 is 0 Å². The molecule has 1 rings (SSSR count). The number of methoxy groups -OCH3 is 2. The number of nitrogens with one attached hydrogen (secondary N) is 1. The highest BCUT2D eigenvalue weighted by Gasteiger charge is 2.13. The van der Waals surface area contributed by atoms with Crippen molar-refractivity contribution in [3.8, 4) is 11.5 Å². The molecule has 0 radical (unpaired) electrons. The molecule has 0 aliphatic rings. The second kappa shape index (κ2) is 8.52. The van der Waals surface area contributed by atoms with Crippen molar-refractivity contribution >= 4 is 5.91 Å². The van der Waals surface area contributed by atoms with E-state index in [0.717, 1.165) is 12.0 Å². The molecule has 3 N–H and O–H groups in total. The van der Waals surface area contributed by atoms with Crippen molar-refractivity contribution in [2.45, 2.75) is 32.7 Å². The largest absolute Gasteiger partial charge is 0.493 e. The first kappa shape index (κ1) is 17.3. The molecule has 1 aromatic carbocycles. The monoisotopic (exact) mass is 294 g/mol. The van der Waals surface area contributed by atoms with Gasteiger partial charge >= 0.3 is 0 Å². The van der Waals surface area contributed by atoms with Gasteiger partial charge in [0.1, 0.15) is 0 Å². The van der Waals surface area contributed by atoms with Crippen LogP contribution in [-0.2, 0) is 4.79 Å². The van der Waals surface area contributed by atoms with Crippen molar-refractivity contribution in [3.63, 3.8) is 0 Å². The normalized spacial score (nSPS) is 13.4. The molecule has 0 aliphatic heterocycles. The first-order valence-corrected chi connectivity index (χ1v) is 7.23. The van der Waals surface area contributed by atoms with Gasteiger partial charge in [0.05, 0.1) is 20.3 Å². The Bertz CT molecular complexity index is 463. The van der Waals surface area contributed by atoms with Gasteiger partial charge in [-0.2, -0.15) is 0 Å². The minimum atomic E-state index is -0.0783. The van der Waals surface area contributed by atoms with Crippen molar-refractivity contribution in [1.82, 2.24) is 5.32 Å². The molecule has 0 fully saturated rings. The van der Waals surface area contributed by atoms with E-state index in [9.17, 15) is 4.79 Å². The van der Waals surface area contributed by atoms with E-state index in [-0.39, 0.29) is 11.9 Å².